The van der Waals surface area contributed by atoms with Gasteiger partial charge in [0.25, 0.3) is 5.89 Å². The number of hydrogen-bond acceptors (Lipinski definition) is 6. The number of hydrogen-bond donors (Lipinski definition) is 1. The fourth-order valence-corrected chi connectivity index (χ4v) is 1.76. The van der Waals surface area contributed by atoms with Gasteiger partial charge in [-0.3, -0.25) is 5.10 Å². The van der Waals surface area contributed by atoms with Gasteiger partial charge in [0, 0.05) is 11.8 Å². The average Bonchev–Trinajstić information content (AvgIpc) is 3.12. The summed E-state index contributed by atoms with van der Waals surface area (Å²) < 4.78 is 10.4. The molecule has 7 heteroatoms. The van der Waals surface area contributed by atoms with Crippen LogP contribution in [0, 0.1) is 0 Å². The van der Waals surface area contributed by atoms with Crippen molar-refractivity contribution in [3.63, 3.8) is 0 Å². The van der Waals surface area contributed by atoms with E-state index >= 15 is 0 Å². The molecular formula is C13H12N4O3. The molecule has 0 aliphatic rings. The molecule has 1 aromatic carbocycles. The fourth-order valence-electron chi connectivity index (χ4n) is 1.76. The molecule has 0 aliphatic heterocycles. The van der Waals surface area contributed by atoms with Crippen molar-refractivity contribution in [2.24, 2.45) is 0 Å². The van der Waals surface area contributed by atoms with Crippen LogP contribution in [-0.2, 0) is 17.8 Å². The SMILES string of the molecule is CCc1nnc(COC(=O)c2ccc3cn[nH]c3c2)o1. The number of nitrogens with one attached hydrogen (secondary N) is 1. The first kappa shape index (κ1) is 12.3. The van der Waals surface area contributed by atoms with E-state index in [2.05, 4.69) is 20.4 Å². The van der Waals surface area contributed by atoms with Crippen LogP contribution in [0.2, 0.25) is 0 Å². The Kier molecular flexibility index (Phi) is 3.16. The molecule has 0 atom stereocenters. The van der Waals surface area contributed by atoms with Gasteiger partial charge < -0.3 is 9.15 Å². The molecule has 0 amide bonds. The molecule has 3 aromatic rings. The second-order valence-corrected chi connectivity index (χ2v) is 4.19. The maximum atomic E-state index is 11.9. The molecule has 3 rings (SSSR count). The fraction of sp³-hybridized carbons (Fsp3) is 0.231. The van der Waals surface area contributed by atoms with E-state index in [1.165, 1.54) is 0 Å². The zero-order valence-corrected chi connectivity index (χ0v) is 10.8. The lowest BCUT2D eigenvalue weighted by Crippen LogP contribution is -2.05. The van der Waals surface area contributed by atoms with Crippen molar-refractivity contribution < 1.29 is 13.9 Å². The van der Waals surface area contributed by atoms with Crippen molar-refractivity contribution in [3.05, 3.63) is 41.7 Å². The van der Waals surface area contributed by atoms with E-state index in [0.717, 1.165) is 10.9 Å². The largest absolute Gasteiger partial charge is 0.452 e. The Balaban J connectivity index is 1.69. The minimum absolute atomic E-state index is 0.0349. The van der Waals surface area contributed by atoms with Crippen LogP contribution in [0.1, 0.15) is 29.1 Å². The summed E-state index contributed by atoms with van der Waals surface area (Å²) in [7, 11) is 0. The molecule has 7 nitrogen and oxygen atoms in total. The third-order valence-corrected chi connectivity index (χ3v) is 2.82. The lowest BCUT2D eigenvalue weighted by atomic mass is 10.2. The summed E-state index contributed by atoms with van der Waals surface area (Å²) in [6.45, 7) is 1.87. The highest BCUT2D eigenvalue weighted by molar-refractivity contribution is 5.94. The minimum Gasteiger partial charge on any atom is -0.452 e. The number of carbonyl (C=O) groups excluding carboxylic acids is 1. The monoisotopic (exact) mass is 272 g/mol. The molecule has 0 unspecified atom stereocenters. The normalized spacial score (nSPS) is 10.8. The van der Waals surface area contributed by atoms with Gasteiger partial charge in [0.15, 0.2) is 6.61 Å². The number of carbonyl (C=O) groups is 1. The summed E-state index contributed by atoms with van der Waals surface area (Å²) in [5, 5.41) is 15.2. The predicted octanol–water partition coefficient (Wildman–Crippen LogP) is 1.87. The molecule has 102 valence electrons. The van der Waals surface area contributed by atoms with Crippen LogP contribution in [-0.4, -0.2) is 26.4 Å². The van der Waals surface area contributed by atoms with Gasteiger partial charge in [-0.15, -0.1) is 10.2 Å². The molecular weight excluding hydrogens is 260 g/mol. The highest BCUT2D eigenvalue weighted by Crippen LogP contribution is 2.14. The lowest BCUT2D eigenvalue weighted by molar-refractivity contribution is 0.0436. The van der Waals surface area contributed by atoms with Crippen molar-refractivity contribution in [1.29, 1.82) is 0 Å². The standard InChI is InChI=1S/C13H12N4O3/c1-2-11-16-17-12(20-11)7-19-13(18)8-3-4-9-6-14-15-10(9)5-8/h3-6H,2,7H2,1H3,(H,14,15). The molecule has 0 spiro atoms. The lowest BCUT2D eigenvalue weighted by Gasteiger charge is -2.01. The van der Waals surface area contributed by atoms with Crippen molar-refractivity contribution in [2.75, 3.05) is 0 Å². The van der Waals surface area contributed by atoms with Gasteiger partial charge in [-0.25, -0.2) is 4.79 Å². The zero-order valence-electron chi connectivity index (χ0n) is 10.8. The minimum atomic E-state index is -0.447. The van der Waals surface area contributed by atoms with Crippen molar-refractivity contribution in [3.8, 4) is 0 Å². The summed E-state index contributed by atoms with van der Waals surface area (Å²) in [6.07, 6.45) is 2.34. The zero-order chi connectivity index (χ0) is 13.9. The summed E-state index contributed by atoms with van der Waals surface area (Å²) in [5.41, 5.74) is 1.22. The molecule has 1 N–H and O–H groups in total. The molecule has 0 radical (unpaired) electrons. The molecule has 0 fully saturated rings. The van der Waals surface area contributed by atoms with Crippen LogP contribution in [0.15, 0.2) is 28.8 Å². The Morgan fingerprint density at radius 2 is 2.20 bits per heavy atom. The molecule has 0 saturated heterocycles. The first-order valence-electron chi connectivity index (χ1n) is 6.18. The number of aromatic amines is 1. The smallest absolute Gasteiger partial charge is 0.338 e. The molecule has 20 heavy (non-hydrogen) atoms. The number of aromatic nitrogens is 4. The highest BCUT2D eigenvalue weighted by Gasteiger charge is 2.11. The van der Waals surface area contributed by atoms with E-state index in [-0.39, 0.29) is 12.5 Å². The topological polar surface area (TPSA) is 93.9 Å². The Bertz CT molecular complexity index is 747. The Morgan fingerprint density at radius 1 is 1.35 bits per heavy atom. The van der Waals surface area contributed by atoms with Gasteiger partial charge in [-0.05, 0) is 12.1 Å². The van der Waals surface area contributed by atoms with Crippen LogP contribution < -0.4 is 0 Å². The molecule has 2 aromatic heterocycles. The van der Waals surface area contributed by atoms with Gasteiger partial charge >= 0.3 is 5.97 Å². The third-order valence-electron chi connectivity index (χ3n) is 2.82. The molecule has 0 aliphatic carbocycles. The van der Waals surface area contributed by atoms with Crippen molar-refractivity contribution in [1.82, 2.24) is 20.4 Å². The van der Waals surface area contributed by atoms with E-state index in [1.807, 2.05) is 6.92 Å². The Morgan fingerprint density at radius 3 is 3.00 bits per heavy atom. The number of rotatable bonds is 4. The summed E-state index contributed by atoms with van der Waals surface area (Å²) in [5.74, 6) is 0.366. The summed E-state index contributed by atoms with van der Waals surface area (Å²) in [6, 6.07) is 5.18. The number of fused-ring (bicyclic) bond motifs is 1. The second kappa shape index (κ2) is 5.12. The van der Waals surface area contributed by atoms with Crippen LogP contribution >= 0.6 is 0 Å². The third kappa shape index (κ3) is 2.37. The number of ether oxygens (including phenoxy) is 1. The molecule has 0 saturated carbocycles. The van der Waals surface area contributed by atoms with Crippen LogP contribution in [0.25, 0.3) is 10.9 Å². The van der Waals surface area contributed by atoms with Gasteiger partial charge in [0.2, 0.25) is 5.89 Å². The van der Waals surface area contributed by atoms with Crippen LogP contribution in [0.4, 0.5) is 0 Å². The average molecular weight is 272 g/mol. The molecule has 0 bridgehead atoms. The van der Waals surface area contributed by atoms with Crippen LogP contribution in [0.5, 0.6) is 0 Å². The number of aryl methyl sites for hydroxylation is 1. The van der Waals surface area contributed by atoms with Gasteiger partial charge in [-0.2, -0.15) is 5.10 Å². The maximum Gasteiger partial charge on any atom is 0.338 e. The molecule has 2 heterocycles. The second-order valence-electron chi connectivity index (χ2n) is 4.19. The van der Waals surface area contributed by atoms with E-state index in [4.69, 9.17) is 9.15 Å². The summed E-state index contributed by atoms with van der Waals surface area (Å²) in [4.78, 5) is 11.9. The van der Waals surface area contributed by atoms with Crippen LogP contribution in [0.3, 0.4) is 0 Å². The number of esters is 1. The Labute approximate surface area is 114 Å². The van der Waals surface area contributed by atoms with Crippen molar-refractivity contribution in [2.45, 2.75) is 20.0 Å². The van der Waals surface area contributed by atoms with E-state index in [0.29, 0.717) is 17.9 Å². The first-order chi connectivity index (χ1) is 9.76. The maximum absolute atomic E-state index is 11.9. The van der Waals surface area contributed by atoms with Gasteiger partial charge in [0.05, 0.1) is 17.3 Å². The quantitative estimate of drug-likeness (QED) is 0.728. The summed E-state index contributed by atoms with van der Waals surface area (Å²) >= 11 is 0. The number of H-pyrrole nitrogens is 1. The van der Waals surface area contributed by atoms with Gasteiger partial charge in [0.1, 0.15) is 0 Å². The van der Waals surface area contributed by atoms with Gasteiger partial charge in [-0.1, -0.05) is 13.0 Å². The predicted molar refractivity (Wildman–Crippen MR) is 68.9 cm³/mol. The number of nitrogens with zero attached hydrogens (tertiary/aromatic N) is 3. The van der Waals surface area contributed by atoms with Crippen molar-refractivity contribution >= 4 is 16.9 Å². The highest BCUT2D eigenvalue weighted by atomic mass is 16.5. The Hall–Kier alpha value is -2.70. The first-order valence-corrected chi connectivity index (χ1v) is 6.18. The van der Waals surface area contributed by atoms with E-state index in [9.17, 15) is 4.79 Å². The van der Waals surface area contributed by atoms with E-state index in [1.54, 1.807) is 24.4 Å². The van der Waals surface area contributed by atoms with E-state index < -0.39 is 5.97 Å². The number of benzene rings is 1.